The summed E-state index contributed by atoms with van der Waals surface area (Å²) in [6.07, 6.45) is 2.36. The largest absolute Gasteiger partial charge is 0.477 e. The average Bonchev–Trinajstić information content (AvgIpc) is 2.55. The molecule has 1 heterocycles. The molecule has 0 aliphatic rings. The van der Waals surface area contributed by atoms with Gasteiger partial charge in [-0.15, -0.1) is 0 Å². The number of pyridine rings is 1. The Kier molecular flexibility index (Phi) is 5.52. The van der Waals surface area contributed by atoms with E-state index in [1.54, 1.807) is 6.92 Å². The van der Waals surface area contributed by atoms with Crippen LogP contribution < -0.4 is 10.2 Å². The number of nitrogens with zero attached hydrogens (tertiary/aromatic N) is 2. The summed E-state index contributed by atoms with van der Waals surface area (Å²) < 4.78 is 0. The maximum atomic E-state index is 12.1. The fourth-order valence-corrected chi connectivity index (χ4v) is 2.24. The van der Waals surface area contributed by atoms with Gasteiger partial charge in [-0.3, -0.25) is 4.79 Å². The highest BCUT2D eigenvalue weighted by molar-refractivity contribution is 5.92. The third kappa shape index (κ3) is 4.55. The van der Waals surface area contributed by atoms with E-state index < -0.39 is 5.97 Å². The highest BCUT2D eigenvalue weighted by Crippen LogP contribution is 2.16. The van der Waals surface area contributed by atoms with Gasteiger partial charge in [0.25, 0.3) is 0 Å². The number of aryl methyl sites for hydroxylation is 2. The molecule has 6 heteroatoms. The van der Waals surface area contributed by atoms with E-state index >= 15 is 0 Å². The van der Waals surface area contributed by atoms with Crippen LogP contribution in [0.1, 0.15) is 28.0 Å². The number of amides is 1. The lowest BCUT2D eigenvalue weighted by atomic mass is 10.1. The number of hydrogen-bond donors (Lipinski definition) is 2. The first-order valence-corrected chi connectivity index (χ1v) is 7.63. The Bertz CT molecular complexity index is 740. The van der Waals surface area contributed by atoms with Gasteiger partial charge in [-0.1, -0.05) is 12.1 Å². The van der Waals surface area contributed by atoms with Gasteiger partial charge in [0.15, 0.2) is 0 Å². The summed E-state index contributed by atoms with van der Waals surface area (Å²) in [5.41, 5.74) is 3.38. The molecule has 0 aliphatic carbocycles. The predicted octanol–water partition coefficient (Wildman–Crippen LogP) is 2.73. The van der Waals surface area contributed by atoms with Crippen LogP contribution in [0.4, 0.5) is 11.4 Å². The zero-order chi connectivity index (χ0) is 17.7. The minimum Gasteiger partial charge on any atom is -0.477 e. The number of benzene rings is 1. The predicted molar refractivity (Wildman–Crippen MR) is 93.7 cm³/mol. The van der Waals surface area contributed by atoms with Gasteiger partial charge in [0, 0.05) is 26.2 Å². The van der Waals surface area contributed by atoms with Crippen molar-refractivity contribution in [3.05, 3.63) is 53.3 Å². The number of anilines is 2. The highest BCUT2D eigenvalue weighted by atomic mass is 16.4. The third-order valence-electron chi connectivity index (χ3n) is 3.70. The molecule has 0 atom stereocenters. The van der Waals surface area contributed by atoms with E-state index in [-0.39, 0.29) is 11.6 Å². The van der Waals surface area contributed by atoms with Crippen molar-refractivity contribution in [1.82, 2.24) is 4.98 Å². The standard InChI is InChI=1S/C18H21N3O3/c1-12-10-15(18(23)24)19-11-16(12)20-17(22)9-6-13-4-7-14(8-5-13)21(2)3/h4-5,7-8,10-11H,6,9H2,1-3H3,(H,20,22)(H,23,24). The normalized spacial score (nSPS) is 10.3. The lowest BCUT2D eigenvalue weighted by molar-refractivity contribution is -0.116. The quantitative estimate of drug-likeness (QED) is 0.852. The zero-order valence-corrected chi connectivity index (χ0v) is 14.0. The van der Waals surface area contributed by atoms with Gasteiger partial charge in [-0.25, -0.2) is 9.78 Å². The van der Waals surface area contributed by atoms with Crippen LogP contribution in [0, 0.1) is 6.92 Å². The molecule has 126 valence electrons. The van der Waals surface area contributed by atoms with Crippen molar-refractivity contribution in [2.24, 2.45) is 0 Å². The Morgan fingerprint density at radius 2 is 1.88 bits per heavy atom. The van der Waals surface area contributed by atoms with Gasteiger partial charge < -0.3 is 15.3 Å². The fraction of sp³-hybridized carbons (Fsp3) is 0.278. The summed E-state index contributed by atoms with van der Waals surface area (Å²) >= 11 is 0. The molecule has 0 aliphatic heterocycles. The Morgan fingerprint density at radius 3 is 2.42 bits per heavy atom. The summed E-state index contributed by atoms with van der Waals surface area (Å²) in [4.78, 5) is 28.8. The number of carboxylic acids is 1. The molecular formula is C18H21N3O3. The van der Waals surface area contributed by atoms with E-state index in [4.69, 9.17) is 5.11 Å². The van der Waals surface area contributed by atoms with Gasteiger partial charge in [-0.2, -0.15) is 0 Å². The van der Waals surface area contributed by atoms with Crippen LogP contribution in [-0.4, -0.2) is 36.1 Å². The van der Waals surface area contributed by atoms with Crippen LogP contribution in [0.3, 0.4) is 0 Å². The summed E-state index contributed by atoms with van der Waals surface area (Å²) in [6, 6.07) is 9.50. The summed E-state index contributed by atoms with van der Waals surface area (Å²) in [7, 11) is 3.96. The second-order valence-corrected chi connectivity index (χ2v) is 5.80. The van der Waals surface area contributed by atoms with E-state index in [1.807, 2.05) is 43.3 Å². The lowest BCUT2D eigenvalue weighted by Crippen LogP contribution is -2.14. The smallest absolute Gasteiger partial charge is 0.354 e. The Morgan fingerprint density at radius 1 is 1.21 bits per heavy atom. The van der Waals surface area contributed by atoms with Gasteiger partial charge in [-0.05, 0) is 42.7 Å². The summed E-state index contributed by atoms with van der Waals surface area (Å²) in [5, 5.41) is 11.7. The molecule has 2 rings (SSSR count). The van der Waals surface area contributed by atoms with Crippen molar-refractivity contribution >= 4 is 23.3 Å². The molecule has 0 saturated carbocycles. The molecule has 2 aromatic rings. The van der Waals surface area contributed by atoms with E-state index in [0.717, 1.165) is 11.3 Å². The molecule has 0 saturated heterocycles. The van der Waals surface area contributed by atoms with Crippen LogP contribution in [-0.2, 0) is 11.2 Å². The van der Waals surface area contributed by atoms with Crippen molar-refractivity contribution in [2.75, 3.05) is 24.3 Å². The molecule has 2 N–H and O–H groups in total. The van der Waals surface area contributed by atoms with Crippen LogP contribution >= 0.6 is 0 Å². The Labute approximate surface area is 141 Å². The SMILES string of the molecule is Cc1cc(C(=O)O)ncc1NC(=O)CCc1ccc(N(C)C)cc1. The van der Waals surface area contributed by atoms with Crippen LogP contribution in [0.5, 0.6) is 0 Å². The maximum Gasteiger partial charge on any atom is 0.354 e. The minimum atomic E-state index is -1.09. The molecule has 0 fully saturated rings. The fourth-order valence-electron chi connectivity index (χ4n) is 2.24. The van der Waals surface area contributed by atoms with Crippen molar-refractivity contribution in [2.45, 2.75) is 19.8 Å². The maximum absolute atomic E-state index is 12.1. The van der Waals surface area contributed by atoms with Crippen LogP contribution in [0.15, 0.2) is 36.5 Å². The number of aromatic carboxylic acids is 1. The van der Waals surface area contributed by atoms with E-state index in [0.29, 0.717) is 24.1 Å². The van der Waals surface area contributed by atoms with Gasteiger partial charge in [0.05, 0.1) is 11.9 Å². The Hall–Kier alpha value is -2.89. The molecule has 6 nitrogen and oxygen atoms in total. The number of aromatic nitrogens is 1. The molecule has 0 bridgehead atoms. The number of hydrogen-bond acceptors (Lipinski definition) is 4. The second-order valence-electron chi connectivity index (χ2n) is 5.80. The van der Waals surface area contributed by atoms with Crippen molar-refractivity contribution in [3.8, 4) is 0 Å². The molecule has 0 unspecified atom stereocenters. The van der Waals surface area contributed by atoms with E-state index in [1.165, 1.54) is 12.3 Å². The molecule has 0 spiro atoms. The number of carbonyl (C=O) groups excluding carboxylic acids is 1. The third-order valence-corrected chi connectivity index (χ3v) is 3.70. The zero-order valence-electron chi connectivity index (χ0n) is 14.0. The van der Waals surface area contributed by atoms with E-state index in [2.05, 4.69) is 10.3 Å². The van der Waals surface area contributed by atoms with Gasteiger partial charge in [0.2, 0.25) is 5.91 Å². The second kappa shape index (κ2) is 7.59. The van der Waals surface area contributed by atoms with Crippen LogP contribution in [0.2, 0.25) is 0 Å². The van der Waals surface area contributed by atoms with Crippen LogP contribution in [0.25, 0.3) is 0 Å². The lowest BCUT2D eigenvalue weighted by Gasteiger charge is -2.12. The van der Waals surface area contributed by atoms with Gasteiger partial charge >= 0.3 is 5.97 Å². The average molecular weight is 327 g/mol. The summed E-state index contributed by atoms with van der Waals surface area (Å²) in [6.45, 7) is 1.74. The van der Waals surface area contributed by atoms with E-state index in [9.17, 15) is 9.59 Å². The molecule has 0 radical (unpaired) electrons. The number of rotatable bonds is 6. The van der Waals surface area contributed by atoms with Gasteiger partial charge in [0.1, 0.15) is 5.69 Å². The molecule has 1 aromatic heterocycles. The van der Waals surface area contributed by atoms with Crippen molar-refractivity contribution in [1.29, 1.82) is 0 Å². The topological polar surface area (TPSA) is 82.5 Å². The monoisotopic (exact) mass is 327 g/mol. The molecule has 1 aromatic carbocycles. The highest BCUT2D eigenvalue weighted by Gasteiger charge is 2.10. The number of carboxylic acid groups (broad SMARTS) is 1. The first kappa shape index (κ1) is 17.5. The number of nitrogens with one attached hydrogen (secondary N) is 1. The first-order valence-electron chi connectivity index (χ1n) is 7.63. The minimum absolute atomic E-state index is 0.0357. The number of carbonyl (C=O) groups is 2. The summed E-state index contributed by atoms with van der Waals surface area (Å²) in [5.74, 6) is -1.21. The first-order chi connectivity index (χ1) is 11.4. The molecule has 24 heavy (non-hydrogen) atoms. The Balaban J connectivity index is 1.92. The molecular weight excluding hydrogens is 306 g/mol. The van der Waals surface area contributed by atoms with Crippen molar-refractivity contribution in [3.63, 3.8) is 0 Å². The molecule has 1 amide bonds. The van der Waals surface area contributed by atoms with Crippen molar-refractivity contribution < 1.29 is 14.7 Å².